The first-order valence-electron chi connectivity index (χ1n) is 6.80. The van der Waals surface area contributed by atoms with Crippen molar-refractivity contribution < 1.29 is 14.6 Å². The standard InChI is InChI=1S/C15H23NO3/c1-2-19-15(18)14(12-16-10-11-17)9-8-13-6-4-3-5-7-13/h3-7,14,16-17H,2,8-12H2,1H3. The Kier molecular flexibility index (Phi) is 7.86. The summed E-state index contributed by atoms with van der Waals surface area (Å²) < 4.78 is 5.08. The number of aliphatic hydroxyl groups excluding tert-OH is 1. The van der Waals surface area contributed by atoms with Crippen LogP contribution in [0.3, 0.4) is 0 Å². The van der Waals surface area contributed by atoms with Gasteiger partial charge in [-0.2, -0.15) is 0 Å². The molecule has 0 aliphatic rings. The van der Waals surface area contributed by atoms with E-state index in [-0.39, 0.29) is 18.5 Å². The molecule has 1 atom stereocenters. The highest BCUT2D eigenvalue weighted by Crippen LogP contribution is 2.11. The fourth-order valence-electron chi connectivity index (χ4n) is 1.90. The zero-order valence-electron chi connectivity index (χ0n) is 11.5. The highest BCUT2D eigenvalue weighted by molar-refractivity contribution is 5.72. The Hall–Kier alpha value is -1.39. The van der Waals surface area contributed by atoms with Crippen molar-refractivity contribution in [2.75, 3.05) is 26.3 Å². The monoisotopic (exact) mass is 265 g/mol. The summed E-state index contributed by atoms with van der Waals surface area (Å²) in [5.74, 6) is -0.324. The first-order valence-corrected chi connectivity index (χ1v) is 6.80. The van der Waals surface area contributed by atoms with Crippen LogP contribution >= 0.6 is 0 Å². The molecular weight excluding hydrogens is 242 g/mol. The largest absolute Gasteiger partial charge is 0.466 e. The van der Waals surface area contributed by atoms with Gasteiger partial charge in [0.2, 0.25) is 0 Å². The normalized spacial score (nSPS) is 12.1. The Bertz CT molecular complexity index is 354. The number of aliphatic hydroxyl groups is 1. The van der Waals surface area contributed by atoms with E-state index >= 15 is 0 Å². The van der Waals surface area contributed by atoms with Crippen molar-refractivity contribution in [3.05, 3.63) is 35.9 Å². The summed E-state index contributed by atoms with van der Waals surface area (Å²) in [6.45, 7) is 3.34. The minimum absolute atomic E-state index is 0.0776. The molecule has 0 spiro atoms. The summed E-state index contributed by atoms with van der Waals surface area (Å²) in [4.78, 5) is 11.8. The lowest BCUT2D eigenvalue weighted by atomic mass is 9.99. The number of ether oxygens (including phenoxy) is 1. The Balaban J connectivity index is 2.45. The molecule has 0 heterocycles. The van der Waals surface area contributed by atoms with Crippen molar-refractivity contribution >= 4 is 5.97 Å². The molecule has 0 aromatic heterocycles. The molecule has 0 amide bonds. The molecule has 0 aliphatic heterocycles. The molecule has 2 N–H and O–H groups in total. The number of aryl methyl sites for hydroxylation is 1. The number of esters is 1. The molecule has 1 aromatic carbocycles. The van der Waals surface area contributed by atoms with Crippen molar-refractivity contribution in [3.8, 4) is 0 Å². The van der Waals surface area contributed by atoms with Gasteiger partial charge in [-0.25, -0.2) is 0 Å². The van der Waals surface area contributed by atoms with Crippen LogP contribution in [0.25, 0.3) is 0 Å². The lowest BCUT2D eigenvalue weighted by molar-refractivity contribution is -0.148. The van der Waals surface area contributed by atoms with E-state index in [9.17, 15) is 4.79 Å². The Labute approximate surface area is 114 Å². The number of carbonyl (C=O) groups is 1. The maximum atomic E-state index is 11.8. The van der Waals surface area contributed by atoms with E-state index in [1.54, 1.807) is 0 Å². The van der Waals surface area contributed by atoms with Crippen LogP contribution in [-0.2, 0) is 16.0 Å². The van der Waals surface area contributed by atoms with E-state index in [1.165, 1.54) is 5.56 Å². The molecule has 4 heteroatoms. The second-order valence-corrected chi connectivity index (χ2v) is 4.40. The second kappa shape index (κ2) is 9.53. The van der Waals surface area contributed by atoms with Gasteiger partial charge in [0, 0.05) is 13.1 Å². The first kappa shape index (κ1) is 15.7. The molecule has 0 fully saturated rings. The lowest BCUT2D eigenvalue weighted by Crippen LogP contribution is -2.32. The third kappa shape index (κ3) is 6.36. The highest BCUT2D eigenvalue weighted by Gasteiger charge is 2.19. The topological polar surface area (TPSA) is 58.6 Å². The molecule has 0 bridgehead atoms. The van der Waals surface area contributed by atoms with Gasteiger partial charge in [-0.3, -0.25) is 4.79 Å². The molecule has 1 unspecified atom stereocenters. The van der Waals surface area contributed by atoms with E-state index in [0.717, 1.165) is 12.8 Å². The van der Waals surface area contributed by atoms with Crippen molar-refractivity contribution in [3.63, 3.8) is 0 Å². The van der Waals surface area contributed by atoms with Gasteiger partial charge in [-0.05, 0) is 25.3 Å². The van der Waals surface area contributed by atoms with Gasteiger partial charge < -0.3 is 15.2 Å². The van der Waals surface area contributed by atoms with E-state index in [1.807, 2.05) is 25.1 Å². The summed E-state index contributed by atoms with van der Waals surface area (Å²) >= 11 is 0. The molecule has 0 aliphatic carbocycles. The van der Waals surface area contributed by atoms with E-state index in [0.29, 0.717) is 19.7 Å². The van der Waals surface area contributed by atoms with Gasteiger partial charge >= 0.3 is 5.97 Å². The highest BCUT2D eigenvalue weighted by atomic mass is 16.5. The molecule has 0 saturated heterocycles. The number of hydrogen-bond donors (Lipinski definition) is 2. The second-order valence-electron chi connectivity index (χ2n) is 4.40. The smallest absolute Gasteiger partial charge is 0.310 e. The fourth-order valence-corrected chi connectivity index (χ4v) is 1.90. The number of rotatable bonds is 9. The Morgan fingerprint density at radius 1 is 1.37 bits per heavy atom. The number of hydrogen-bond acceptors (Lipinski definition) is 4. The maximum absolute atomic E-state index is 11.8. The van der Waals surface area contributed by atoms with Gasteiger partial charge in [0.25, 0.3) is 0 Å². The van der Waals surface area contributed by atoms with E-state index in [4.69, 9.17) is 9.84 Å². The molecule has 1 rings (SSSR count). The maximum Gasteiger partial charge on any atom is 0.310 e. The van der Waals surface area contributed by atoms with E-state index in [2.05, 4.69) is 17.4 Å². The SMILES string of the molecule is CCOC(=O)C(CCc1ccccc1)CNCCO. The molecule has 0 saturated carbocycles. The summed E-state index contributed by atoms with van der Waals surface area (Å²) in [5.41, 5.74) is 1.22. The zero-order chi connectivity index (χ0) is 13.9. The van der Waals surface area contributed by atoms with Crippen molar-refractivity contribution in [2.45, 2.75) is 19.8 Å². The quantitative estimate of drug-likeness (QED) is 0.523. The predicted molar refractivity (Wildman–Crippen MR) is 74.8 cm³/mol. The van der Waals surface area contributed by atoms with Gasteiger partial charge in [-0.1, -0.05) is 30.3 Å². The minimum Gasteiger partial charge on any atom is -0.466 e. The molecule has 1 aromatic rings. The van der Waals surface area contributed by atoms with Crippen molar-refractivity contribution in [1.29, 1.82) is 0 Å². The minimum atomic E-state index is -0.163. The number of benzene rings is 1. The van der Waals surface area contributed by atoms with Crippen LogP contribution < -0.4 is 5.32 Å². The van der Waals surface area contributed by atoms with Crippen LogP contribution in [0, 0.1) is 5.92 Å². The molecule has 0 radical (unpaired) electrons. The lowest BCUT2D eigenvalue weighted by Gasteiger charge is -2.16. The van der Waals surface area contributed by atoms with Gasteiger partial charge in [-0.15, -0.1) is 0 Å². The van der Waals surface area contributed by atoms with Crippen LogP contribution in [-0.4, -0.2) is 37.4 Å². The molecule has 106 valence electrons. The Morgan fingerprint density at radius 2 is 2.11 bits per heavy atom. The van der Waals surface area contributed by atoms with Gasteiger partial charge in [0.05, 0.1) is 19.1 Å². The summed E-state index contributed by atoms with van der Waals surface area (Å²) in [5, 5.41) is 11.8. The summed E-state index contributed by atoms with van der Waals surface area (Å²) in [6, 6.07) is 10.1. The fraction of sp³-hybridized carbons (Fsp3) is 0.533. The predicted octanol–water partition coefficient (Wildman–Crippen LogP) is 1.38. The molecule has 19 heavy (non-hydrogen) atoms. The summed E-state index contributed by atoms with van der Waals surface area (Å²) in [7, 11) is 0. The number of nitrogens with one attached hydrogen (secondary N) is 1. The van der Waals surface area contributed by atoms with Gasteiger partial charge in [0.15, 0.2) is 0 Å². The van der Waals surface area contributed by atoms with Crippen molar-refractivity contribution in [1.82, 2.24) is 5.32 Å². The summed E-state index contributed by atoms with van der Waals surface area (Å²) in [6.07, 6.45) is 1.60. The van der Waals surface area contributed by atoms with Crippen LogP contribution in [0.4, 0.5) is 0 Å². The van der Waals surface area contributed by atoms with Crippen LogP contribution in [0.2, 0.25) is 0 Å². The van der Waals surface area contributed by atoms with Crippen LogP contribution in [0.15, 0.2) is 30.3 Å². The number of carbonyl (C=O) groups excluding carboxylic acids is 1. The molecule has 4 nitrogen and oxygen atoms in total. The average molecular weight is 265 g/mol. The van der Waals surface area contributed by atoms with E-state index < -0.39 is 0 Å². The van der Waals surface area contributed by atoms with Crippen LogP contribution in [0.5, 0.6) is 0 Å². The third-order valence-corrected chi connectivity index (χ3v) is 2.92. The van der Waals surface area contributed by atoms with Crippen LogP contribution in [0.1, 0.15) is 18.9 Å². The van der Waals surface area contributed by atoms with Gasteiger partial charge in [0.1, 0.15) is 0 Å². The zero-order valence-corrected chi connectivity index (χ0v) is 11.5. The third-order valence-electron chi connectivity index (χ3n) is 2.92. The molecular formula is C15H23NO3. The Morgan fingerprint density at radius 3 is 2.74 bits per heavy atom. The van der Waals surface area contributed by atoms with Crippen molar-refractivity contribution in [2.24, 2.45) is 5.92 Å². The first-order chi connectivity index (χ1) is 9.27. The average Bonchev–Trinajstić information content (AvgIpc) is 2.44.